The Morgan fingerprint density at radius 1 is 1.08 bits per heavy atom. The van der Waals surface area contributed by atoms with Crippen LogP contribution in [0.2, 0.25) is 0 Å². The Morgan fingerprint density at radius 3 is 2.32 bits per heavy atom. The smallest absolute Gasteiger partial charge is 0.220 e. The van der Waals surface area contributed by atoms with Crippen LogP contribution in [0.3, 0.4) is 0 Å². The molecule has 0 spiro atoms. The predicted octanol–water partition coefficient (Wildman–Crippen LogP) is 3.92. The third-order valence-corrected chi connectivity index (χ3v) is 4.42. The summed E-state index contributed by atoms with van der Waals surface area (Å²) < 4.78 is 14.0. The maximum absolute atomic E-state index is 14.0. The fraction of sp³-hybridized carbons (Fsp3) is 0.381. The van der Waals surface area contributed by atoms with Gasteiger partial charge < -0.3 is 10.2 Å². The first kappa shape index (κ1) is 19.0. The van der Waals surface area contributed by atoms with Gasteiger partial charge in [0.2, 0.25) is 5.91 Å². The van der Waals surface area contributed by atoms with E-state index >= 15 is 0 Å². The third-order valence-electron chi connectivity index (χ3n) is 4.42. The van der Waals surface area contributed by atoms with E-state index < -0.39 is 5.41 Å². The molecule has 0 unspecified atom stereocenters. The van der Waals surface area contributed by atoms with Crippen LogP contribution in [0.5, 0.6) is 0 Å². The van der Waals surface area contributed by atoms with Gasteiger partial charge in [-0.2, -0.15) is 0 Å². The summed E-state index contributed by atoms with van der Waals surface area (Å²) in [5, 5.41) is 2.93. The summed E-state index contributed by atoms with van der Waals surface area (Å²) in [5.74, 6) is -0.246. The van der Waals surface area contributed by atoms with Crippen LogP contribution in [0, 0.1) is 5.82 Å². The number of aryl methyl sites for hydroxylation is 1. The van der Waals surface area contributed by atoms with Crippen LogP contribution in [0.4, 0.5) is 10.1 Å². The van der Waals surface area contributed by atoms with Crippen LogP contribution in [-0.4, -0.2) is 26.5 Å². The topological polar surface area (TPSA) is 32.3 Å². The van der Waals surface area contributed by atoms with Crippen LogP contribution in [-0.2, 0) is 16.6 Å². The van der Waals surface area contributed by atoms with Gasteiger partial charge in [-0.3, -0.25) is 4.79 Å². The molecule has 0 aliphatic heterocycles. The van der Waals surface area contributed by atoms with Gasteiger partial charge in [-0.1, -0.05) is 44.2 Å². The number of hydrogen-bond donors (Lipinski definition) is 1. The lowest BCUT2D eigenvalue weighted by Crippen LogP contribution is -2.37. The number of carbonyl (C=O) groups is 1. The molecule has 1 amide bonds. The number of carbonyl (C=O) groups excluding carboxylic acids is 1. The second-order valence-corrected chi connectivity index (χ2v) is 7.20. The van der Waals surface area contributed by atoms with Crippen molar-refractivity contribution in [3.63, 3.8) is 0 Å². The Balaban J connectivity index is 1.85. The van der Waals surface area contributed by atoms with Gasteiger partial charge in [0.15, 0.2) is 0 Å². The Hall–Kier alpha value is -2.36. The molecule has 0 heterocycles. The van der Waals surface area contributed by atoms with Crippen LogP contribution in [0.15, 0.2) is 48.5 Å². The summed E-state index contributed by atoms with van der Waals surface area (Å²) >= 11 is 0. The fourth-order valence-electron chi connectivity index (χ4n) is 2.73. The lowest BCUT2D eigenvalue weighted by Gasteiger charge is -2.26. The van der Waals surface area contributed by atoms with Gasteiger partial charge in [-0.15, -0.1) is 0 Å². The molecule has 0 aromatic heterocycles. The predicted molar refractivity (Wildman–Crippen MR) is 102 cm³/mol. The molecule has 0 aliphatic rings. The molecule has 25 heavy (non-hydrogen) atoms. The maximum atomic E-state index is 14.0. The van der Waals surface area contributed by atoms with Gasteiger partial charge in [0.25, 0.3) is 0 Å². The number of rotatable bonds is 7. The molecule has 0 radical (unpaired) electrons. The van der Waals surface area contributed by atoms with E-state index in [2.05, 4.69) is 17.4 Å². The quantitative estimate of drug-likeness (QED) is 0.827. The molecule has 0 aliphatic carbocycles. The first-order valence-corrected chi connectivity index (χ1v) is 8.57. The average molecular weight is 342 g/mol. The normalized spacial score (nSPS) is 11.2. The highest BCUT2D eigenvalue weighted by Gasteiger charge is 2.24. The Bertz CT molecular complexity index is 708. The third kappa shape index (κ3) is 5.31. The number of amides is 1. The van der Waals surface area contributed by atoms with Crippen molar-refractivity contribution in [2.75, 3.05) is 25.5 Å². The van der Waals surface area contributed by atoms with Crippen molar-refractivity contribution in [1.82, 2.24) is 5.32 Å². The first-order valence-electron chi connectivity index (χ1n) is 8.57. The zero-order valence-electron chi connectivity index (χ0n) is 15.5. The second-order valence-electron chi connectivity index (χ2n) is 7.20. The highest BCUT2D eigenvalue weighted by Crippen LogP contribution is 2.24. The second kappa shape index (κ2) is 8.15. The van der Waals surface area contributed by atoms with Crippen molar-refractivity contribution < 1.29 is 9.18 Å². The molecule has 0 fully saturated rings. The standard InChI is InChI=1S/C21H27FN2O/c1-21(2,18-7-5-6-8-19(18)22)15-23-20(25)14-11-16-9-12-17(13-10-16)24(3)4/h5-10,12-13H,11,14-15H2,1-4H3,(H,23,25). The molecule has 3 nitrogen and oxygen atoms in total. The van der Waals surface area contributed by atoms with Crippen LogP contribution in [0.25, 0.3) is 0 Å². The number of hydrogen-bond acceptors (Lipinski definition) is 2. The Morgan fingerprint density at radius 2 is 1.72 bits per heavy atom. The lowest BCUT2D eigenvalue weighted by atomic mass is 9.84. The minimum Gasteiger partial charge on any atom is -0.378 e. The van der Waals surface area contributed by atoms with Gasteiger partial charge in [0, 0.05) is 38.2 Å². The number of benzene rings is 2. The van der Waals surface area contributed by atoms with E-state index in [-0.39, 0.29) is 11.7 Å². The molecular formula is C21H27FN2O. The molecule has 0 saturated carbocycles. The fourth-order valence-corrected chi connectivity index (χ4v) is 2.73. The molecule has 0 bridgehead atoms. The zero-order valence-corrected chi connectivity index (χ0v) is 15.5. The number of anilines is 1. The molecule has 4 heteroatoms. The highest BCUT2D eigenvalue weighted by atomic mass is 19.1. The van der Waals surface area contributed by atoms with Crippen LogP contribution < -0.4 is 10.2 Å². The summed E-state index contributed by atoms with van der Waals surface area (Å²) in [4.78, 5) is 14.2. The molecule has 0 atom stereocenters. The van der Waals surface area contributed by atoms with Crippen molar-refractivity contribution in [3.05, 3.63) is 65.5 Å². The Kier molecular flexibility index (Phi) is 6.18. The van der Waals surface area contributed by atoms with E-state index in [1.54, 1.807) is 12.1 Å². The summed E-state index contributed by atoms with van der Waals surface area (Å²) in [6.45, 7) is 4.28. The average Bonchev–Trinajstić information content (AvgIpc) is 2.59. The van der Waals surface area contributed by atoms with Crippen molar-refractivity contribution in [2.24, 2.45) is 0 Å². The molecule has 0 saturated heterocycles. The molecule has 2 aromatic rings. The van der Waals surface area contributed by atoms with Crippen molar-refractivity contribution >= 4 is 11.6 Å². The van der Waals surface area contributed by atoms with E-state index in [1.165, 1.54) is 6.07 Å². The van der Waals surface area contributed by atoms with Gasteiger partial charge in [-0.05, 0) is 35.7 Å². The molecular weight excluding hydrogens is 315 g/mol. The van der Waals surface area contributed by atoms with E-state index in [4.69, 9.17) is 0 Å². The summed E-state index contributed by atoms with van der Waals surface area (Å²) in [6.07, 6.45) is 1.12. The van der Waals surface area contributed by atoms with Crippen molar-refractivity contribution in [2.45, 2.75) is 32.1 Å². The molecule has 2 rings (SSSR count). The van der Waals surface area contributed by atoms with Crippen LogP contribution in [0.1, 0.15) is 31.4 Å². The van der Waals surface area contributed by atoms with Crippen molar-refractivity contribution in [3.8, 4) is 0 Å². The minimum atomic E-state index is -0.450. The number of halogens is 1. The monoisotopic (exact) mass is 342 g/mol. The molecule has 1 N–H and O–H groups in total. The van der Waals surface area contributed by atoms with E-state index in [0.717, 1.165) is 11.3 Å². The van der Waals surface area contributed by atoms with E-state index in [9.17, 15) is 9.18 Å². The Labute approximate surface area is 149 Å². The SMILES string of the molecule is CN(C)c1ccc(CCC(=O)NCC(C)(C)c2ccccc2F)cc1. The van der Waals surface area contributed by atoms with Gasteiger partial charge >= 0.3 is 0 Å². The van der Waals surface area contributed by atoms with Gasteiger partial charge in [0.1, 0.15) is 5.82 Å². The largest absolute Gasteiger partial charge is 0.378 e. The van der Waals surface area contributed by atoms with Gasteiger partial charge in [-0.25, -0.2) is 4.39 Å². The zero-order chi connectivity index (χ0) is 18.4. The lowest BCUT2D eigenvalue weighted by molar-refractivity contribution is -0.121. The van der Waals surface area contributed by atoms with Gasteiger partial charge in [0.05, 0.1) is 0 Å². The summed E-state index contributed by atoms with van der Waals surface area (Å²) in [7, 11) is 4.00. The molecule has 2 aromatic carbocycles. The van der Waals surface area contributed by atoms with E-state index in [1.807, 2.05) is 51.0 Å². The van der Waals surface area contributed by atoms with E-state index in [0.29, 0.717) is 24.9 Å². The van der Waals surface area contributed by atoms with Crippen LogP contribution >= 0.6 is 0 Å². The number of nitrogens with zero attached hydrogens (tertiary/aromatic N) is 1. The van der Waals surface area contributed by atoms with Crippen molar-refractivity contribution in [1.29, 1.82) is 0 Å². The summed E-state index contributed by atoms with van der Waals surface area (Å²) in [5.41, 5.74) is 2.44. The first-order chi connectivity index (χ1) is 11.8. The highest BCUT2D eigenvalue weighted by molar-refractivity contribution is 5.76. The minimum absolute atomic E-state index is 0.0129. The number of nitrogens with one attached hydrogen (secondary N) is 1. The summed E-state index contributed by atoms with van der Waals surface area (Å²) in [6, 6.07) is 14.9. The molecule has 134 valence electrons. The maximum Gasteiger partial charge on any atom is 0.220 e.